The zero-order chi connectivity index (χ0) is 18.0. The molecule has 2 aromatic rings. The van der Waals surface area contributed by atoms with Crippen LogP contribution >= 0.6 is 0 Å². The standard InChI is InChI=1S/C16H18N4O5/c1-9(21)6-20(15(23)11-5-14(22)19-16(17)18-11)7-10-2-3-12-13(4-10)25-8-24-12/h2-5,9,21H,6-8H2,1H3,(H3,17,18,19,22). The van der Waals surface area contributed by atoms with Gasteiger partial charge in [0, 0.05) is 19.2 Å². The summed E-state index contributed by atoms with van der Waals surface area (Å²) in [6.07, 6.45) is -0.752. The highest BCUT2D eigenvalue weighted by Crippen LogP contribution is 2.32. The van der Waals surface area contributed by atoms with Crippen molar-refractivity contribution in [1.82, 2.24) is 14.9 Å². The van der Waals surface area contributed by atoms with E-state index in [-0.39, 0.29) is 31.5 Å². The van der Waals surface area contributed by atoms with Gasteiger partial charge in [-0.1, -0.05) is 6.07 Å². The van der Waals surface area contributed by atoms with E-state index in [2.05, 4.69) is 9.97 Å². The SMILES string of the molecule is CC(O)CN(Cc1ccc2c(c1)OCO2)C(=O)c1cc(=O)[nH]c(N)n1. The molecule has 0 saturated carbocycles. The van der Waals surface area contributed by atoms with Crippen molar-refractivity contribution in [1.29, 1.82) is 0 Å². The van der Waals surface area contributed by atoms with E-state index in [1.54, 1.807) is 25.1 Å². The largest absolute Gasteiger partial charge is 0.454 e. The maximum atomic E-state index is 12.7. The molecule has 0 aliphatic carbocycles. The summed E-state index contributed by atoms with van der Waals surface area (Å²) in [6, 6.07) is 6.40. The molecule has 9 heteroatoms. The molecule has 2 heterocycles. The molecule has 4 N–H and O–H groups in total. The van der Waals surface area contributed by atoms with E-state index < -0.39 is 17.6 Å². The van der Waals surface area contributed by atoms with E-state index in [1.165, 1.54) is 4.90 Å². The predicted octanol–water partition coefficient (Wildman–Crippen LogP) is 0.104. The van der Waals surface area contributed by atoms with Crippen molar-refractivity contribution in [3.63, 3.8) is 0 Å². The molecule has 9 nitrogen and oxygen atoms in total. The second-order valence-corrected chi connectivity index (χ2v) is 5.74. The number of benzene rings is 1. The van der Waals surface area contributed by atoms with Gasteiger partial charge in [-0.25, -0.2) is 4.98 Å². The molecule has 0 radical (unpaired) electrons. The number of rotatable bonds is 5. The van der Waals surface area contributed by atoms with Crippen LogP contribution in [0.2, 0.25) is 0 Å². The molecule has 1 aromatic heterocycles. The Hall–Kier alpha value is -3.07. The first-order valence-electron chi connectivity index (χ1n) is 7.65. The van der Waals surface area contributed by atoms with E-state index in [4.69, 9.17) is 15.2 Å². The lowest BCUT2D eigenvalue weighted by Gasteiger charge is -2.24. The number of H-pyrrole nitrogens is 1. The van der Waals surface area contributed by atoms with Crippen LogP contribution < -0.4 is 20.8 Å². The van der Waals surface area contributed by atoms with Crippen LogP contribution in [0.3, 0.4) is 0 Å². The number of carbonyl (C=O) groups excluding carboxylic acids is 1. The zero-order valence-electron chi connectivity index (χ0n) is 13.6. The summed E-state index contributed by atoms with van der Waals surface area (Å²) in [7, 11) is 0. The maximum absolute atomic E-state index is 12.7. The molecule has 1 atom stereocenters. The number of nitrogens with two attached hydrogens (primary N) is 1. The van der Waals surface area contributed by atoms with Gasteiger partial charge in [-0.05, 0) is 24.6 Å². The van der Waals surface area contributed by atoms with E-state index in [1.807, 2.05) is 0 Å². The van der Waals surface area contributed by atoms with Gasteiger partial charge in [-0.3, -0.25) is 14.6 Å². The predicted molar refractivity (Wildman–Crippen MR) is 88.3 cm³/mol. The first-order valence-corrected chi connectivity index (χ1v) is 7.65. The molecule has 0 spiro atoms. The minimum Gasteiger partial charge on any atom is -0.454 e. The first-order chi connectivity index (χ1) is 11.9. The van der Waals surface area contributed by atoms with Gasteiger partial charge in [0.1, 0.15) is 5.69 Å². The zero-order valence-corrected chi connectivity index (χ0v) is 13.6. The molecular formula is C16H18N4O5. The molecule has 132 valence electrons. The summed E-state index contributed by atoms with van der Waals surface area (Å²) in [4.78, 5) is 31.8. The van der Waals surface area contributed by atoms with Crippen molar-refractivity contribution >= 4 is 11.9 Å². The third-order valence-corrected chi connectivity index (χ3v) is 3.56. The number of hydrogen-bond acceptors (Lipinski definition) is 7. The van der Waals surface area contributed by atoms with Gasteiger partial charge in [0.25, 0.3) is 11.5 Å². The highest BCUT2D eigenvalue weighted by Gasteiger charge is 2.21. The number of carbonyl (C=O) groups is 1. The summed E-state index contributed by atoms with van der Waals surface area (Å²) in [5.41, 5.74) is 5.68. The topological polar surface area (TPSA) is 131 Å². The summed E-state index contributed by atoms with van der Waals surface area (Å²) in [6.45, 7) is 2.00. The van der Waals surface area contributed by atoms with Crippen LogP contribution in [0.4, 0.5) is 5.95 Å². The molecule has 3 rings (SSSR count). The van der Waals surface area contributed by atoms with Gasteiger partial charge in [-0.15, -0.1) is 0 Å². The fraction of sp³-hybridized carbons (Fsp3) is 0.312. The maximum Gasteiger partial charge on any atom is 0.273 e. The van der Waals surface area contributed by atoms with E-state index in [9.17, 15) is 14.7 Å². The fourth-order valence-electron chi connectivity index (χ4n) is 2.55. The molecule has 1 aliphatic rings. The van der Waals surface area contributed by atoms with Gasteiger partial charge in [0.2, 0.25) is 12.7 Å². The third kappa shape index (κ3) is 3.89. The van der Waals surface area contributed by atoms with Gasteiger partial charge in [0.05, 0.1) is 6.10 Å². The highest BCUT2D eigenvalue weighted by atomic mass is 16.7. The average Bonchev–Trinajstić information content (AvgIpc) is 3.00. The number of fused-ring (bicyclic) bond motifs is 1. The van der Waals surface area contributed by atoms with Gasteiger partial charge in [-0.2, -0.15) is 0 Å². The molecule has 1 amide bonds. The lowest BCUT2D eigenvalue weighted by Crippen LogP contribution is -2.37. The number of aliphatic hydroxyl groups excluding tert-OH is 1. The average molecular weight is 346 g/mol. The van der Waals surface area contributed by atoms with Gasteiger partial charge >= 0.3 is 0 Å². The Morgan fingerprint density at radius 2 is 2.16 bits per heavy atom. The van der Waals surface area contributed by atoms with E-state index in [0.29, 0.717) is 11.5 Å². The van der Waals surface area contributed by atoms with Crippen molar-refractivity contribution in [2.24, 2.45) is 0 Å². The van der Waals surface area contributed by atoms with Crippen molar-refractivity contribution in [3.05, 3.63) is 45.9 Å². The van der Waals surface area contributed by atoms with Gasteiger partial charge < -0.3 is 25.2 Å². The molecule has 0 fully saturated rings. The Balaban J connectivity index is 1.86. The number of hydrogen-bond donors (Lipinski definition) is 3. The van der Waals surface area contributed by atoms with Crippen LogP contribution in [0.5, 0.6) is 11.5 Å². The summed E-state index contributed by atoms with van der Waals surface area (Å²) >= 11 is 0. The minimum absolute atomic E-state index is 0.0711. The number of aromatic nitrogens is 2. The molecule has 1 aromatic carbocycles. The number of nitrogens with zero attached hydrogens (tertiary/aromatic N) is 2. The van der Waals surface area contributed by atoms with Crippen molar-refractivity contribution < 1.29 is 19.4 Å². The van der Waals surface area contributed by atoms with E-state index >= 15 is 0 Å². The van der Waals surface area contributed by atoms with Crippen LogP contribution in [0, 0.1) is 0 Å². The summed E-state index contributed by atoms with van der Waals surface area (Å²) in [5, 5.41) is 9.71. The number of nitrogen functional groups attached to an aromatic ring is 1. The molecule has 0 saturated heterocycles. The van der Waals surface area contributed by atoms with Crippen LogP contribution in [-0.4, -0.2) is 45.3 Å². The van der Waals surface area contributed by atoms with Gasteiger partial charge in [0.15, 0.2) is 11.5 Å². The third-order valence-electron chi connectivity index (χ3n) is 3.56. The lowest BCUT2D eigenvalue weighted by atomic mass is 10.1. The van der Waals surface area contributed by atoms with Crippen LogP contribution in [0.25, 0.3) is 0 Å². The quantitative estimate of drug-likeness (QED) is 0.700. The number of aliphatic hydroxyl groups is 1. The fourth-order valence-corrected chi connectivity index (χ4v) is 2.55. The summed E-state index contributed by atoms with van der Waals surface area (Å²) in [5.74, 6) is 0.592. The molecule has 1 unspecified atom stereocenters. The van der Waals surface area contributed by atoms with Crippen LogP contribution in [-0.2, 0) is 6.54 Å². The number of aromatic amines is 1. The smallest absolute Gasteiger partial charge is 0.273 e. The summed E-state index contributed by atoms with van der Waals surface area (Å²) < 4.78 is 10.6. The second-order valence-electron chi connectivity index (χ2n) is 5.74. The Labute approximate surface area is 143 Å². The lowest BCUT2D eigenvalue weighted by molar-refractivity contribution is 0.0624. The Morgan fingerprint density at radius 1 is 1.40 bits per heavy atom. The number of nitrogens with one attached hydrogen (secondary N) is 1. The number of amides is 1. The molecule has 25 heavy (non-hydrogen) atoms. The first kappa shape index (κ1) is 16.8. The molecular weight excluding hydrogens is 328 g/mol. The molecule has 0 bridgehead atoms. The van der Waals surface area contributed by atoms with Crippen molar-refractivity contribution in [2.45, 2.75) is 19.6 Å². The second kappa shape index (κ2) is 6.81. The Morgan fingerprint density at radius 3 is 2.88 bits per heavy atom. The molecule has 1 aliphatic heterocycles. The van der Waals surface area contributed by atoms with Crippen LogP contribution in [0.15, 0.2) is 29.1 Å². The minimum atomic E-state index is -0.752. The van der Waals surface area contributed by atoms with Crippen molar-refractivity contribution in [3.8, 4) is 11.5 Å². The Bertz CT molecular complexity index is 849. The Kier molecular flexibility index (Phi) is 4.57. The number of anilines is 1. The number of ether oxygens (including phenoxy) is 2. The van der Waals surface area contributed by atoms with Crippen LogP contribution in [0.1, 0.15) is 23.0 Å². The van der Waals surface area contributed by atoms with Crippen molar-refractivity contribution in [2.75, 3.05) is 19.1 Å². The van der Waals surface area contributed by atoms with E-state index in [0.717, 1.165) is 11.6 Å². The monoisotopic (exact) mass is 346 g/mol. The highest BCUT2D eigenvalue weighted by molar-refractivity contribution is 5.92. The normalized spacial score (nSPS) is 13.5.